The minimum Gasteiger partial charge on any atom is -0.355 e. The maximum Gasteiger partial charge on any atom is 0.269 e. The van der Waals surface area contributed by atoms with Gasteiger partial charge in [0.2, 0.25) is 10.0 Å². The summed E-state index contributed by atoms with van der Waals surface area (Å²) in [6, 6.07) is 27.7. The number of hydrogen-bond acceptors (Lipinski definition) is 7. The first kappa shape index (κ1) is 28.9. The van der Waals surface area contributed by atoms with Gasteiger partial charge in [0.1, 0.15) is 0 Å². The van der Waals surface area contributed by atoms with Crippen molar-refractivity contribution in [2.24, 2.45) is 0 Å². The highest BCUT2D eigenvalue weighted by atomic mass is 32.2. The molecule has 0 fully saturated rings. The number of sulfonamides is 2. The van der Waals surface area contributed by atoms with E-state index < -0.39 is 37.2 Å². The maximum atomic E-state index is 14.1. The summed E-state index contributed by atoms with van der Waals surface area (Å²) in [7, 11) is -8.58. The van der Waals surface area contributed by atoms with E-state index >= 15 is 0 Å². The lowest BCUT2D eigenvalue weighted by Crippen LogP contribution is -2.50. The molecule has 0 saturated carbocycles. The van der Waals surface area contributed by atoms with Crippen LogP contribution in [0, 0.1) is 10.1 Å². The van der Waals surface area contributed by atoms with Crippen LogP contribution in [-0.4, -0.2) is 34.6 Å². The number of hydrogen-bond donors (Lipinski definition) is 1. The Hall–Kier alpha value is -4.10. The predicted octanol–water partition coefficient (Wildman–Crippen LogP) is 4.87. The molecular weight excluding hydrogens is 554 g/mol. The standard InChI is InChI=1S/C28H27N3O7S2/c1-2-38-28(30(23-14-8-4-9-15-23)40(36,37)26-16-10-5-11-17-26)27(22-12-6-3-7-13-22)29-39(34,35)25-20-18-24(19-21-25)31(32)33/h3-21,27-29H,2H2,1H3. The molecule has 0 radical (unpaired) electrons. The van der Waals surface area contributed by atoms with Crippen molar-refractivity contribution in [3.8, 4) is 0 Å². The fraction of sp³-hybridized carbons (Fsp3) is 0.143. The third-order valence-electron chi connectivity index (χ3n) is 5.96. The number of nitrogens with one attached hydrogen (secondary N) is 1. The summed E-state index contributed by atoms with van der Waals surface area (Å²) >= 11 is 0. The molecule has 4 aromatic rings. The van der Waals surface area contributed by atoms with Crippen molar-refractivity contribution >= 4 is 31.4 Å². The number of ether oxygens (including phenoxy) is 1. The molecule has 4 rings (SSSR count). The fourth-order valence-electron chi connectivity index (χ4n) is 4.11. The van der Waals surface area contributed by atoms with Crippen LogP contribution in [0.4, 0.5) is 11.4 Å². The highest BCUT2D eigenvalue weighted by Gasteiger charge is 2.40. The van der Waals surface area contributed by atoms with E-state index in [-0.39, 0.29) is 27.8 Å². The van der Waals surface area contributed by atoms with E-state index in [1.807, 2.05) is 0 Å². The number of para-hydroxylation sites is 1. The zero-order valence-electron chi connectivity index (χ0n) is 21.4. The Bertz CT molecular complexity index is 1630. The number of nitro benzene ring substituents is 1. The molecule has 40 heavy (non-hydrogen) atoms. The first-order chi connectivity index (χ1) is 19.1. The third-order valence-corrected chi connectivity index (χ3v) is 9.22. The van der Waals surface area contributed by atoms with Crippen LogP contribution in [0.5, 0.6) is 0 Å². The van der Waals surface area contributed by atoms with Crippen LogP contribution in [0.15, 0.2) is 125 Å². The summed E-state index contributed by atoms with van der Waals surface area (Å²) in [4.78, 5) is 10.2. The van der Waals surface area contributed by atoms with Gasteiger partial charge in [0.15, 0.2) is 6.23 Å². The SMILES string of the molecule is CCOC(C(NS(=O)(=O)c1ccc([N+](=O)[O-])cc1)c1ccccc1)N(c1ccccc1)S(=O)(=O)c1ccccc1. The Morgan fingerprint density at radius 1 is 0.775 bits per heavy atom. The van der Waals surface area contributed by atoms with Gasteiger partial charge in [-0.25, -0.2) is 21.1 Å². The molecule has 0 aromatic heterocycles. The molecular formula is C28H27N3O7S2. The first-order valence-electron chi connectivity index (χ1n) is 12.2. The van der Waals surface area contributed by atoms with Gasteiger partial charge in [0.05, 0.1) is 26.4 Å². The largest absolute Gasteiger partial charge is 0.355 e. The van der Waals surface area contributed by atoms with Crippen molar-refractivity contribution in [3.63, 3.8) is 0 Å². The molecule has 4 aromatic carbocycles. The Morgan fingerprint density at radius 3 is 1.82 bits per heavy atom. The Balaban J connectivity index is 1.88. The van der Waals surface area contributed by atoms with Crippen LogP contribution in [0.2, 0.25) is 0 Å². The van der Waals surface area contributed by atoms with E-state index in [1.54, 1.807) is 85.8 Å². The van der Waals surface area contributed by atoms with Crippen LogP contribution >= 0.6 is 0 Å². The highest BCUT2D eigenvalue weighted by Crippen LogP contribution is 2.33. The van der Waals surface area contributed by atoms with Gasteiger partial charge in [-0.3, -0.25) is 10.1 Å². The van der Waals surface area contributed by atoms with E-state index in [2.05, 4.69) is 4.72 Å². The molecule has 0 aliphatic heterocycles. The van der Waals surface area contributed by atoms with Crippen LogP contribution in [0.3, 0.4) is 0 Å². The second kappa shape index (κ2) is 12.4. The molecule has 0 amide bonds. The average molecular weight is 582 g/mol. The predicted molar refractivity (Wildman–Crippen MR) is 151 cm³/mol. The quantitative estimate of drug-likeness (QED) is 0.143. The number of nitro groups is 1. The lowest BCUT2D eigenvalue weighted by atomic mass is 10.1. The molecule has 2 unspecified atom stereocenters. The van der Waals surface area contributed by atoms with Gasteiger partial charge in [-0.15, -0.1) is 0 Å². The Labute approximate surface area is 233 Å². The molecule has 0 spiro atoms. The monoisotopic (exact) mass is 581 g/mol. The van der Waals surface area contributed by atoms with Crippen LogP contribution in [0.25, 0.3) is 0 Å². The number of anilines is 1. The van der Waals surface area contributed by atoms with Gasteiger partial charge in [-0.2, -0.15) is 4.72 Å². The van der Waals surface area contributed by atoms with Gasteiger partial charge in [0.25, 0.3) is 15.7 Å². The molecule has 0 saturated heterocycles. The maximum absolute atomic E-state index is 14.1. The molecule has 10 nitrogen and oxygen atoms in total. The van der Waals surface area contributed by atoms with Gasteiger partial charge in [0, 0.05) is 18.7 Å². The van der Waals surface area contributed by atoms with Crippen LogP contribution in [0.1, 0.15) is 18.5 Å². The van der Waals surface area contributed by atoms with E-state index in [0.29, 0.717) is 5.56 Å². The van der Waals surface area contributed by atoms with Crippen molar-refractivity contribution in [1.82, 2.24) is 4.72 Å². The van der Waals surface area contributed by atoms with E-state index in [4.69, 9.17) is 4.74 Å². The molecule has 0 aliphatic carbocycles. The van der Waals surface area contributed by atoms with Gasteiger partial charge in [-0.1, -0.05) is 66.7 Å². The van der Waals surface area contributed by atoms with Crippen molar-refractivity contribution in [2.75, 3.05) is 10.9 Å². The normalized spacial score (nSPS) is 13.3. The second-order valence-electron chi connectivity index (χ2n) is 8.56. The first-order valence-corrected chi connectivity index (χ1v) is 15.2. The summed E-state index contributed by atoms with van der Waals surface area (Å²) in [6.45, 7) is 1.74. The second-order valence-corrected chi connectivity index (χ2v) is 12.1. The molecule has 208 valence electrons. The zero-order chi connectivity index (χ0) is 28.8. The zero-order valence-corrected chi connectivity index (χ0v) is 23.0. The van der Waals surface area contributed by atoms with E-state index in [9.17, 15) is 26.9 Å². The average Bonchev–Trinajstić information content (AvgIpc) is 2.97. The Morgan fingerprint density at radius 2 is 1.30 bits per heavy atom. The third kappa shape index (κ3) is 6.37. The van der Waals surface area contributed by atoms with Crippen molar-refractivity contribution < 1.29 is 26.5 Å². The van der Waals surface area contributed by atoms with Crippen LogP contribution in [-0.2, 0) is 24.8 Å². The number of nitrogens with zero attached hydrogens (tertiary/aromatic N) is 2. The minimum atomic E-state index is -4.31. The number of non-ortho nitro benzene ring substituents is 1. The van der Waals surface area contributed by atoms with E-state index in [1.165, 1.54) is 12.1 Å². The molecule has 12 heteroatoms. The Kier molecular flexibility index (Phi) is 8.95. The van der Waals surface area contributed by atoms with Crippen molar-refractivity contribution in [2.45, 2.75) is 29.0 Å². The van der Waals surface area contributed by atoms with Crippen LogP contribution < -0.4 is 9.03 Å². The summed E-state index contributed by atoms with van der Waals surface area (Å²) in [5.41, 5.74) is 0.436. The van der Waals surface area contributed by atoms with Crippen molar-refractivity contribution in [1.29, 1.82) is 0 Å². The van der Waals surface area contributed by atoms with Gasteiger partial charge in [-0.05, 0) is 48.9 Å². The summed E-state index contributed by atoms with van der Waals surface area (Å²) in [5.74, 6) is 0. The number of rotatable bonds is 12. The molecule has 0 heterocycles. The summed E-state index contributed by atoms with van der Waals surface area (Å²) in [6.07, 6.45) is -1.37. The summed E-state index contributed by atoms with van der Waals surface area (Å²) in [5, 5.41) is 11.1. The molecule has 1 N–H and O–H groups in total. The van der Waals surface area contributed by atoms with E-state index in [0.717, 1.165) is 28.6 Å². The molecule has 0 bridgehead atoms. The van der Waals surface area contributed by atoms with Crippen molar-refractivity contribution in [3.05, 3.63) is 131 Å². The minimum absolute atomic E-state index is 0.00593. The number of benzene rings is 4. The van der Waals surface area contributed by atoms with Gasteiger partial charge >= 0.3 is 0 Å². The summed E-state index contributed by atoms with van der Waals surface area (Å²) < 4.78 is 65.1. The lowest BCUT2D eigenvalue weighted by Gasteiger charge is -2.37. The smallest absolute Gasteiger partial charge is 0.269 e. The fourth-order valence-corrected chi connectivity index (χ4v) is 6.91. The molecule has 2 atom stereocenters. The highest BCUT2D eigenvalue weighted by molar-refractivity contribution is 7.93. The van der Waals surface area contributed by atoms with Gasteiger partial charge < -0.3 is 4.74 Å². The molecule has 0 aliphatic rings. The lowest BCUT2D eigenvalue weighted by molar-refractivity contribution is -0.384. The topological polar surface area (TPSA) is 136 Å².